The highest BCUT2D eigenvalue weighted by Gasteiger charge is 2.41. The molecule has 144 valence electrons. The molecule has 3 atom stereocenters. The van der Waals surface area contributed by atoms with Crippen LogP contribution in [-0.2, 0) is 14.3 Å². The summed E-state index contributed by atoms with van der Waals surface area (Å²) in [6.45, 7) is 5.91. The first kappa shape index (κ1) is 20.5. The lowest BCUT2D eigenvalue weighted by atomic mass is 9.73. The van der Waals surface area contributed by atoms with Crippen LogP contribution in [0.25, 0.3) is 0 Å². The van der Waals surface area contributed by atoms with Gasteiger partial charge < -0.3 is 20.3 Å². The fourth-order valence-corrected chi connectivity index (χ4v) is 4.41. The number of halogens is 1. The molecule has 3 unspecified atom stereocenters. The Labute approximate surface area is 156 Å². The van der Waals surface area contributed by atoms with Crippen LogP contribution in [0, 0.1) is 11.8 Å². The summed E-state index contributed by atoms with van der Waals surface area (Å²) in [5.41, 5.74) is 6.00. The number of amides is 2. The van der Waals surface area contributed by atoms with Gasteiger partial charge in [-0.2, -0.15) is 0 Å². The summed E-state index contributed by atoms with van der Waals surface area (Å²) in [4.78, 5) is 29.6. The number of morpholine rings is 1. The standard InChI is InChI=1S/C18H31N3O3.ClH/c1-18(19)7-3-2-6-15(18)17(23)21-8-4-5-14(13-21)16(22)20-9-11-24-12-10-20;/h14-15H,2-13,19H2,1H3;1H. The van der Waals surface area contributed by atoms with Crippen LogP contribution in [0.5, 0.6) is 0 Å². The second-order valence-corrected chi connectivity index (χ2v) is 7.87. The molecule has 2 N–H and O–H groups in total. The number of rotatable bonds is 2. The van der Waals surface area contributed by atoms with Gasteiger partial charge in [-0.15, -0.1) is 12.4 Å². The molecule has 0 spiro atoms. The molecule has 0 radical (unpaired) electrons. The Bertz CT molecular complexity index is 480. The van der Waals surface area contributed by atoms with Crippen LogP contribution in [0.4, 0.5) is 0 Å². The predicted octanol–water partition coefficient (Wildman–Crippen LogP) is 1.41. The van der Waals surface area contributed by atoms with Gasteiger partial charge in [0.15, 0.2) is 0 Å². The molecule has 2 heterocycles. The average molecular weight is 374 g/mol. The van der Waals surface area contributed by atoms with Crippen molar-refractivity contribution in [3.05, 3.63) is 0 Å². The summed E-state index contributed by atoms with van der Waals surface area (Å²) in [7, 11) is 0. The molecule has 7 heteroatoms. The van der Waals surface area contributed by atoms with Crippen LogP contribution in [0.2, 0.25) is 0 Å². The molecule has 3 aliphatic rings. The van der Waals surface area contributed by atoms with Gasteiger partial charge in [0, 0.05) is 31.7 Å². The minimum atomic E-state index is -0.406. The van der Waals surface area contributed by atoms with Crippen LogP contribution in [-0.4, -0.2) is 66.5 Å². The van der Waals surface area contributed by atoms with Crippen molar-refractivity contribution in [3.8, 4) is 0 Å². The molecule has 0 aromatic heterocycles. The van der Waals surface area contributed by atoms with Crippen molar-refractivity contribution < 1.29 is 14.3 Å². The third kappa shape index (κ3) is 4.66. The number of hydrogen-bond donors (Lipinski definition) is 1. The lowest BCUT2D eigenvalue weighted by Crippen LogP contribution is -2.56. The van der Waals surface area contributed by atoms with Gasteiger partial charge >= 0.3 is 0 Å². The number of ether oxygens (including phenoxy) is 1. The van der Waals surface area contributed by atoms with Crippen molar-refractivity contribution in [3.63, 3.8) is 0 Å². The van der Waals surface area contributed by atoms with E-state index in [0.29, 0.717) is 32.8 Å². The van der Waals surface area contributed by atoms with Crippen LogP contribution in [0.15, 0.2) is 0 Å². The predicted molar refractivity (Wildman–Crippen MR) is 98.5 cm³/mol. The quantitative estimate of drug-likeness (QED) is 0.794. The zero-order valence-corrected chi connectivity index (χ0v) is 16.1. The first-order valence-electron chi connectivity index (χ1n) is 9.43. The van der Waals surface area contributed by atoms with Crippen molar-refractivity contribution in [2.24, 2.45) is 17.6 Å². The van der Waals surface area contributed by atoms with E-state index in [2.05, 4.69) is 0 Å². The topological polar surface area (TPSA) is 75.9 Å². The molecule has 0 aromatic carbocycles. The zero-order chi connectivity index (χ0) is 17.2. The summed E-state index contributed by atoms with van der Waals surface area (Å²) in [6.07, 6.45) is 5.75. The number of piperidine rings is 1. The Hall–Kier alpha value is -0.850. The third-order valence-corrected chi connectivity index (χ3v) is 5.96. The minimum absolute atomic E-state index is 0. The Morgan fingerprint density at radius 2 is 1.72 bits per heavy atom. The number of nitrogens with zero attached hydrogens (tertiary/aromatic N) is 2. The molecule has 2 amide bonds. The van der Waals surface area contributed by atoms with E-state index in [9.17, 15) is 9.59 Å². The lowest BCUT2D eigenvalue weighted by Gasteiger charge is -2.42. The highest BCUT2D eigenvalue weighted by atomic mass is 35.5. The van der Waals surface area contributed by atoms with Gasteiger partial charge in [0.2, 0.25) is 11.8 Å². The third-order valence-electron chi connectivity index (χ3n) is 5.96. The molecular formula is C18H32ClN3O3. The fourth-order valence-electron chi connectivity index (χ4n) is 4.41. The van der Waals surface area contributed by atoms with Crippen LogP contribution < -0.4 is 5.73 Å². The van der Waals surface area contributed by atoms with Gasteiger partial charge in [-0.1, -0.05) is 12.8 Å². The zero-order valence-electron chi connectivity index (χ0n) is 15.2. The molecule has 0 aromatic rings. The summed E-state index contributed by atoms with van der Waals surface area (Å²) in [5, 5.41) is 0. The second-order valence-electron chi connectivity index (χ2n) is 7.87. The molecule has 0 bridgehead atoms. The molecule has 3 fully saturated rings. The van der Waals surface area contributed by atoms with E-state index in [1.165, 1.54) is 0 Å². The van der Waals surface area contributed by atoms with E-state index in [0.717, 1.165) is 45.1 Å². The molecule has 2 saturated heterocycles. The number of hydrogen-bond acceptors (Lipinski definition) is 4. The second kappa shape index (κ2) is 8.69. The van der Waals surface area contributed by atoms with Crippen LogP contribution >= 0.6 is 12.4 Å². The van der Waals surface area contributed by atoms with Crippen LogP contribution in [0.3, 0.4) is 0 Å². The minimum Gasteiger partial charge on any atom is -0.378 e. The number of carbonyl (C=O) groups is 2. The largest absolute Gasteiger partial charge is 0.378 e. The Morgan fingerprint density at radius 3 is 2.40 bits per heavy atom. The Kier molecular flexibility index (Phi) is 7.11. The first-order chi connectivity index (χ1) is 11.5. The van der Waals surface area contributed by atoms with Crippen molar-refractivity contribution in [2.75, 3.05) is 39.4 Å². The van der Waals surface area contributed by atoms with E-state index in [4.69, 9.17) is 10.5 Å². The highest BCUT2D eigenvalue weighted by Crippen LogP contribution is 2.34. The average Bonchev–Trinajstić information content (AvgIpc) is 2.61. The van der Waals surface area contributed by atoms with E-state index >= 15 is 0 Å². The van der Waals surface area contributed by atoms with Crippen molar-refractivity contribution >= 4 is 24.2 Å². The Balaban J connectivity index is 0.00000225. The van der Waals surface area contributed by atoms with Gasteiger partial charge in [-0.05, 0) is 32.6 Å². The van der Waals surface area contributed by atoms with Gasteiger partial charge in [0.1, 0.15) is 0 Å². The van der Waals surface area contributed by atoms with Gasteiger partial charge in [0.05, 0.1) is 25.0 Å². The summed E-state index contributed by atoms with van der Waals surface area (Å²) in [6, 6.07) is 0. The number of carbonyl (C=O) groups excluding carboxylic acids is 2. The number of nitrogens with two attached hydrogens (primary N) is 1. The van der Waals surface area contributed by atoms with Crippen molar-refractivity contribution in [1.82, 2.24) is 9.80 Å². The number of likely N-dealkylation sites (tertiary alicyclic amines) is 1. The van der Waals surface area contributed by atoms with Crippen molar-refractivity contribution in [1.29, 1.82) is 0 Å². The van der Waals surface area contributed by atoms with E-state index in [1.807, 2.05) is 16.7 Å². The van der Waals surface area contributed by atoms with E-state index < -0.39 is 5.54 Å². The molecule has 3 rings (SSSR count). The molecule has 1 saturated carbocycles. The maximum Gasteiger partial charge on any atom is 0.227 e. The maximum absolute atomic E-state index is 13.0. The normalized spacial score (nSPS) is 33.5. The monoisotopic (exact) mass is 373 g/mol. The summed E-state index contributed by atoms with van der Waals surface area (Å²) >= 11 is 0. The maximum atomic E-state index is 13.0. The SMILES string of the molecule is CC1(N)CCCCC1C(=O)N1CCCC(C(=O)N2CCOCC2)C1.Cl. The lowest BCUT2D eigenvalue weighted by molar-refractivity contribution is -0.146. The van der Waals surface area contributed by atoms with Crippen LogP contribution in [0.1, 0.15) is 45.4 Å². The Morgan fingerprint density at radius 1 is 1.00 bits per heavy atom. The van der Waals surface area contributed by atoms with Gasteiger partial charge in [-0.25, -0.2) is 0 Å². The molecule has 1 aliphatic carbocycles. The van der Waals surface area contributed by atoms with Gasteiger partial charge in [0.25, 0.3) is 0 Å². The molecule has 2 aliphatic heterocycles. The fraction of sp³-hybridized carbons (Fsp3) is 0.889. The smallest absolute Gasteiger partial charge is 0.227 e. The molecule has 25 heavy (non-hydrogen) atoms. The first-order valence-corrected chi connectivity index (χ1v) is 9.43. The molecule has 6 nitrogen and oxygen atoms in total. The summed E-state index contributed by atoms with van der Waals surface area (Å²) < 4.78 is 5.33. The van der Waals surface area contributed by atoms with Gasteiger partial charge in [-0.3, -0.25) is 9.59 Å². The highest BCUT2D eigenvalue weighted by molar-refractivity contribution is 5.85. The van der Waals surface area contributed by atoms with E-state index in [-0.39, 0.29) is 36.1 Å². The van der Waals surface area contributed by atoms with E-state index in [1.54, 1.807) is 0 Å². The summed E-state index contributed by atoms with van der Waals surface area (Å²) in [5.74, 6) is 0.200. The molecular weight excluding hydrogens is 342 g/mol. The van der Waals surface area contributed by atoms with Crippen molar-refractivity contribution in [2.45, 2.75) is 51.0 Å².